The van der Waals surface area contributed by atoms with Crippen molar-refractivity contribution in [2.24, 2.45) is 0 Å². The number of fused-ring (bicyclic) bond motifs is 1. The van der Waals surface area contributed by atoms with Gasteiger partial charge in [-0.1, -0.05) is 6.07 Å². The van der Waals surface area contributed by atoms with Crippen molar-refractivity contribution in [1.29, 1.82) is 0 Å². The zero-order chi connectivity index (χ0) is 14.7. The molecule has 5 heteroatoms. The van der Waals surface area contributed by atoms with Gasteiger partial charge in [0, 0.05) is 12.8 Å². The van der Waals surface area contributed by atoms with Crippen LogP contribution in [0.1, 0.15) is 30.7 Å². The van der Waals surface area contributed by atoms with Gasteiger partial charge in [0.05, 0.1) is 12.3 Å². The van der Waals surface area contributed by atoms with Crippen LogP contribution in [0.25, 0.3) is 0 Å². The van der Waals surface area contributed by atoms with Crippen molar-refractivity contribution in [1.82, 2.24) is 5.32 Å². The van der Waals surface area contributed by atoms with E-state index >= 15 is 0 Å². The number of hydrogen-bond donors (Lipinski definition) is 1. The zero-order valence-corrected chi connectivity index (χ0v) is 11.8. The van der Waals surface area contributed by atoms with Crippen LogP contribution in [-0.4, -0.2) is 12.7 Å². The van der Waals surface area contributed by atoms with Crippen molar-refractivity contribution >= 4 is 5.91 Å². The maximum Gasteiger partial charge on any atom is 0.231 e. The highest BCUT2D eigenvalue weighted by Gasteiger charge is 2.16. The van der Waals surface area contributed by atoms with Crippen LogP contribution >= 0.6 is 0 Å². The van der Waals surface area contributed by atoms with Crippen molar-refractivity contribution in [3.8, 4) is 11.5 Å². The third-order valence-electron chi connectivity index (χ3n) is 3.45. The first-order valence-corrected chi connectivity index (χ1v) is 6.93. The Morgan fingerprint density at radius 2 is 2.14 bits per heavy atom. The number of aryl methyl sites for hydroxylation is 1. The Morgan fingerprint density at radius 1 is 1.29 bits per heavy atom. The van der Waals surface area contributed by atoms with Crippen LogP contribution in [0.15, 0.2) is 41.0 Å². The zero-order valence-electron chi connectivity index (χ0n) is 11.8. The van der Waals surface area contributed by atoms with E-state index in [1.54, 1.807) is 6.26 Å². The largest absolute Gasteiger partial charge is 0.469 e. The van der Waals surface area contributed by atoms with Gasteiger partial charge >= 0.3 is 0 Å². The molecule has 0 aliphatic carbocycles. The van der Waals surface area contributed by atoms with E-state index in [9.17, 15) is 4.79 Å². The van der Waals surface area contributed by atoms with E-state index in [2.05, 4.69) is 5.32 Å². The molecule has 0 saturated heterocycles. The highest BCUT2D eigenvalue weighted by molar-refractivity contribution is 5.76. The number of carbonyl (C=O) groups is 1. The van der Waals surface area contributed by atoms with E-state index in [4.69, 9.17) is 13.9 Å². The summed E-state index contributed by atoms with van der Waals surface area (Å²) in [5, 5.41) is 2.97. The molecule has 1 unspecified atom stereocenters. The van der Waals surface area contributed by atoms with Crippen LogP contribution in [0.4, 0.5) is 0 Å². The summed E-state index contributed by atoms with van der Waals surface area (Å²) < 4.78 is 15.8. The van der Waals surface area contributed by atoms with Gasteiger partial charge in [0.15, 0.2) is 11.5 Å². The van der Waals surface area contributed by atoms with Gasteiger partial charge in [-0.15, -0.1) is 0 Å². The molecule has 2 aromatic rings. The van der Waals surface area contributed by atoms with Crippen molar-refractivity contribution < 1.29 is 18.7 Å². The smallest absolute Gasteiger partial charge is 0.231 e. The minimum absolute atomic E-state index is 0.00318. The number of furan rings is 1. The Labute approximate surface area is 122 Å². The van der Waals surface area contributed by atoms with E-state index in [0.717, 1.165) is 22.8 Å². The van der Waals surface area contributed by atoms with Crippen molar-refractivity contribution in [2.45, 2.75) is 25.8 Å². The maximum absolute atomic E-state index is 11.9. The first kappa shape index (κ1) is 13.5. The summed E-state index contributed by atoms with van der Waals surface area (Å²) in [6.45, 7) is 2.20. The lowest BCUT2D eigenvalue weighted by atomic mass is 10.1. The summed E-state index contributed by atoms with van der Waals surface area (Å²) in [5.74, 6) is 2.29. The predicted octanol–water partition coefficient (Wildman–Crippen LogP) is 2.82. The van der Waals surface area contributed by atoms with Crippen LogP contribution in [0.2, 0.25) is 0 Å². The summed E-state index contributed by atoms with van der Waals surface area (Å²) in [5.41, 5.74) is 0.991. The van der Waals surface area contributed by atoms with Gasteiger partial charge < -0.3 is 19.2 Å². The monoisotopic (exact) mass is 287 g/mol. The third-order valence-corrected chi connectivity index (χ3v) is 3.45. The Bertz CT molecular complexity index is 621. The van der Waals surface area contributed by atoms with Crippen LogP contribution in [0.5, 0.6) is 11.5 Å². The molecule has 0 bridgehead atoms. The molecule has 0 fully saturated rings. The second kappa shape index (κ2) is 5.91. The SMILES string of the molecule is CC(NC(=O)CCc1ccco1)c1ccc2c(c1)OCO2. The summed E-state index contributed by atoms with van der Waals surface area (Å²) in [6.07, 6.45) is 2.62. The number of carbonyl (C=O) groups excluding carboxylic acids is 1. The molecule has 1 aromatic heterocycles. The molecule has 1 N–H and O–H groups in total. The number of rotatable bonds is 5. The fourth-order valence-electron chi connectivity index (χ4n) is 2.27. The fraction of sp³-hybridized carbons (Fsp3) is 0.312. The average Bonchev–Trinajstić information content (AvgIpc) is 3.15. The van der Waals surface area contributed by atoms with Gasteiger partial charge in [-0.25, -0.2) is 0 Å². The minimum atomic E-state index is -0.0800. The number of amides is 1. The van der Waals surface area contributed by atoms with Crippen LogP contribution in [0, 0.1) is 0 Å². The minimum Gasteiger partial charge on any atom is -0.469 e. The Balaban J connectivity index is 1.55. The predicted molar refractivity (Wildman–Crippen MR) is 76.2 cm³/mol. The molecule has 1 atom stereocenters. The van der Waals surface area contributed by atoms with Gasteiger partial charge in [0.2, 0.25) is 12.7 Å². The van der Waals surface area contributed by atoms with Crippen molar-refractivity contribution in [3.05, 3.63) is 47.9 Å². The summed E-state index contributed by atoms with van der Waals surface area (Å²) in [4.78, 5) is 11.9. The van der Waals surface area contributed by atoms with E-state index in [0.29, 0.717) is 12.8 Å². The summed E-state index contributed by atoms with van der Waals surface area (Å²) >= 11 is 0. The van der Waals surface area contributed by atoms with Crippen LogP contribution in [-0.2, 0) is 11.2 Å². The van der Waals surface area contributed by atoms with E-state index in [1.807, 2.05) is 37.3 Å². The molecule has 2 heterocycles. The molecule has 0 saturated carbocycles. The van der Waals surface area contributed by atoms with Gasteiger partial charge in [0.1, 0.15) is 5.76 Å². The highest BCUT2D eigenvalue weighted by Crippen LogP contribution is 2.34. The highest BCUT2D eigenvalue weighted by atomic mass is 16.7. The number of hydrogen-bond acceptors (Lipinski definition) is 4. The molecule has 1 aliphatic heterocycles. The maximum atomic E-state index is 11.9. The second-order valence-corrected chi connectivity index (χ2v) is 4.98. The average molecular weight is 287 g/mol. The molecule has 110 valence electrons. The molecule has 0 spiro atoms. The molecule has 5 nitrogen and oxygen atoms in total. The van der Waals surface area contributed by atoms with Gasteiger partial charge in [-0.05, 0) is 36.8 Å². The van der Waals surface area contributed by atoms with Gasteiger partial charge in [-0.2, -0.15) is 0 Å². The first-order valence-electron chi connectivity index (χ1n) is 6.93. The van der Waals surface area contributed by atoms with Gasteiger partial charge in [-0.3, -0.25) is 4.79 Å². The number of benzene rings is 1. The third kappa shape index (κ3) is 3.18. The quantitative estimate of drug-likeness (QED) is 0.918. The molecule has 3 rings (SSSR count). The number of ether oxygens (including phenoxy) is 2. The van der Waals surface area contributed by atoms with E-state index in [-0.39, 0.29) is 18.7 Å². The second-order valence-electron chi connectivity index (χ2n) is 4.98. The summed E-state index contributed by atoms with van der Waals surface area (Å²) in [7, 11) is 0. The topological polar surface area (TPSA) is 60.7 Å². The molecule has 1 aromatic carbocycles. The lowest BCUT2D eigenvalue weighted by molar-refractivity contribution is -0.121. The molecule has 1 amide bonds. The van der Waals surface area contributed by atoms with Crippen LogP contribution in [0.3, 0.4) is 0 Å². The standard InChI is InChI=1S/C16H17NO4/c1-11(12-4-6-14-15(9-12)21-10-20-14)17-16(18)7-5-13-3-2-8-19-13/h2-4,6,8-9,11H,5,7,10H2,1H3,(H,17,18). The Hall–Kier alpha value is -2.43. The molecule has 0 radical (unpaired) electrons. The van der Waals surface area contributed by atoms with Crippen LogP contribution < -0.4 is 14.8 Å². The lowest BCUT2D eigenvalue weighted by Crippen LogP contribution is -2.26. The van der Waals surface area contributed by atoms with Crippen molar-refractivity contribution in [3.63, 3.8) is 0 Å². The Kier molecular flexibility index (Phi) is 3.81. The van der Waals surface area contributed by atoms with E-state index < -0.39 is 0 Å². The lowest BCUT2D eigenvalue weighted by Gasteiger charge is -2.14. The molecule has 21 heavy (non-hydrogen) atoms. The fourth-order valence-corrected chi connectivity index (χ4v) is 2.27. The molecular weight excluding hydrogens is 270 g/mol. The first-order chi connectivity index (χ1) is 10.2. The van der Waals surface area contributed by atoms with Crippen molar-refractivity contribution in [2.75, 3.05) is 6.79 Å². The van der Waals surface area contributed by atoms with E-state index in [1.165, 1.54) is 0 Å². The Morgan fingerprint density at radius 3 is 2.95 bits per heavy atom. The molecule has 1 aliphatic rings. The molecular formula is C16H17NO4. The summed E-state index contributed by atoms with van der Waals surface area (Å²) in [6, 6.07) is 9.31. The van der Waals surface area contributed by atoms with Gasteiger partial charge in [0.25, 0.3) is 0 Å². The number of nitrogens with one attached hydrogen (secondary N) is 1. The normalized spacial score (nSPS) is 14.0.